The van der Waals surface area contributed by atoms with E-state index in [1.165, 1.54) is 30.5 Å². The summed E-state index contributed by atoms with van der Waals surface area (Å²) in [7, 11) is 0. The van der Waals surface area contributed by atoms with Crippen molar-refractivity contribution in [2.75, 3.05) is 6.61 Å². The Kier molecular flexibility index (Phi) is 6.68. The number of rotatable bonds is 7. The van der Waals surface area contributed by atoms with E-state index in [0.717, 1.165) is 9.15 Å². The summed E-state index contributed by atoms with van der Waals surface area (Å²) in [5, 5.41) is 20.5. The Labute approximate surface area is 179 Å². The first kappa shape index (κ1) is 21.3. The fraction of sp³-hybridized carbons (Fsp3) is 0.150. The van der Waals surface area contributed by atoms with Gasteiger partial charge in [0.05, 0.1) is 12.8 Å². The van der Waals surface area contributed by atoms with Gasteiger partial charge in [-0.15, -0.1) is 4.68 Å². The van der Waals surface area contributed by atoms with Crippen molar-refractivity contribution in [1.82, 2.24) is 10.0 Å². The van der Waals surface area contributed by atoms with Gasteiger partial charge in [0.15, 0.2) is 12.4 Å². The topological polar surface area (TPSA) is 100 Å². The van der Waals surface area contributed by atoms with Crippen LogP contribution in [0.3, 0.4) is 0 Å². The molecule has 0 spiro atoms. The number of ether oxygens (including phenoxy) is 1. The lowest BCUT2D eigenvalue weighted by atomic mass is 10.1. The number of hydrogen-bond acceptors (Lipinski definition) is 6. The molecule has 1 heterocycles. The molecule has 0 aliphatic carbocycles. The quantitative estimate of drug-likeness (QED) is 0.226. The summed E-state index contributed by atoms with van der Waals surface area (Å²) >= 11 is 3.29. The summed E-state index contributed by atoms with van der Waals surface area (Å²) < 4.78 is 19.7. The molecule has 0 N–H and O–H groups in total. The highest BCUT2D eigenvalue weighted by Crippen LogP contribution is 2.13. The van der Waals surface area contributed by atoms with Gasteiger partial charge in [0.25, 0.3) is 5.69 Å². The largest absolute Gasteiger partial charge is 0.836 e. The van der Waals surface area contributed by atoms with Crippen LogP contribution in [0.2, 0.25) is 0 Å². The minimum Gasteiger partial charge on any atom is -0.836 e. The van der Waals surface area contributed by atoms with E-state index < -0.39 is 23.4 Å². The van der Waals surface area contributed by atoms with Crippen molar-refractivity contribution >= 4 is 33.9 Å². The third-order valence-electron chi connectivity index (χ3n) is 3.95. The molecule has 8 nitrogen and oxygen atoms in total. The van der Waals surface area contributed by atoms with Crippen molar-refractivity contribution in [2.45, 2.75) is 13.5 Å². The standard InChI is InChI=1S/C20H16BrFN4O4/c1-2-30-20(29)18-19(28)26(23-11-13-3-9-16(22)10-4-13)24-25(18)12-17(27)14-5-7-15(21)8-6-14/h3-11H,2,12H2,1H3. The third kappa shape index (κ3) is 4.95. The lowest BCUT2D eigenvalue weighted by Crippen LogP contribution is -2.45. The predicted molar refractivity (Wildman–Crippen MR) is 106 cm³/mol. The van der Waals surface area contributed by atoms with Crippen LogP contribution in [0.25, 0.3) is 0 Å². The maximum Gasteiger partial charge on any atom is 0.383 e. The Hall–Kier alpha value is -3.40. The number of carbonyl (C=O) groups is 2. The van der Waals surface area contributed by atoms with Crippen molar-refractivity contribution in [3.63, 3.8) is 0 Å². The summed E-state index contributed by atoms with van der Waals surface area (Å²) in [6.07, 6.45) is 1.28. The van der Waals surface area contributed by atoms with E-state index in [1.54, 1.807) is 31.2 Å². The maximum atomic E-state index is 13.0. The number of hydrogen-bond donors (Lipinski definition) is 0. The Morgan fingerprint density at radius 2 is 1.90 bits per heavy atom. The minimum atomic E-state index is -0.908. The van der Waals surface area contributed by atoms with Crippen LogP contribution in [0.15, 0.2) is 58.1 Å². The van der Waals surface area contributed by atoms with Gasteiger partial charge in [0.1, 0.15) is 11.0 Å². The number of ketones is 1. The SMILES string of the molecule is CCOC(=O)c1c([O-])n(N=Cc2ccc(F)cc2)n[n+]1CC(=O)c1ccc(Br)cc1. The molecular formula is C20H16BrFN4O4. The lowest BCUT2D eigenvalue weighted by molar-refractivity contribution is -0.745. The van der Waals surface area contributed by atoms with Crippen LogP contribution in [0.5, 0.6) is 5.88 Å². The van der Waals surface area contributed by atoms with E-state index in [4.69, 9.17) is 4.74 Å². The zero-order valence-electron chi connectivity index (χ0n) is 15.8. The molecule has 2 aromatic carbocycles. The molecule has 3 aromatic rings. The van der Waals surface area contributed by atoms with Crippen molar-refractivity contribution in [2.24, 2.45) is 5.10 Å². The van der Waals surface area contributed by atoms with E-state index in [2.05, 4.69) is 26.2 Å². The first-order chi connectivity index (χ1) is 14.4. The van der Waals surface area contributed by atoms with Gasteiger partial charge in [-0.25, -0.2) is 9.18 Å². The molecule has 0 aliphatic rings. The molecule has 30 heavy (non-hydrogen) atoms. The number of Topliss-reactive ketones (excluding diaryl/α,β-unsaturated/α-hetero) is 1. The summed E-state index contributed by atoms with van der Waals surface area (Å²) in [6.45, 7) is 1.28. The second-order valence-electron chi connectivity index (χ2n) is 6.04. The average Bonchev–Trinajstić information content (AvgIpc) is 3.03. The van der Waals surface area contributed by atoms with Crippen molar-refractivity contribution in [3.05, 3.63) is 75.6 Å². The zero-order valence-corrected chi connectivity index (χ0v) is 17.4. The van der Waals surface area contributed by atoms with Gasteiger partial charge < -0.3 is 9.84 Å². The second-order valence-corrected chi connectivity index (χ2v) is 6.95. The summed E-state index contributed by atoms with van der Waals surface area (Å²) in [6, 6.07) is 12.0. The van der Waals surface area contributed by atoms with Gasteiger partial charge in [0, 0.05) is 10.0 Å². The Bertz CT molecular complexity index is 1100. The van der Waals surface area contributed by atoms with E-state index >= 15 is 0 Å². The molecule has 10 heteroatoms. The highest BCUT2D eigenvalue weighted by atomic mass is 79.9. The average molecular weight is 475 g/mol. The lowest BCUT2D eigenvalue weighted by Gasteiger charge is -2.03. The molecule has 0 fully saturated rings. The van der Waals surface area contributed by atoms with E-state index in [0.29, 0.717) is 15.9 Å². The second kappa shape index (κ2) is 9.40. The number of carbonyl (C=O) groups excluding carboxylic acids is 2. The van der Waals surface area contributed by atoms with Crippen molar-refractivity contribution in [3.8, 4) is 5.88 Å². The molecule has 0 saturated heterocycles. The van der Waals surface area contributed by atoms with Crippen LogP contribution >= 0.6 is 15.9 Å². The van der Waals surface area contributed by atoms with Gasteiger partial charge in [-0.1, -0.05) is 45.3 Å². The van der Waals surface area contributed by atoms with Gasteiger partial charge >= 0.3 is 5.97 Å². The highest BCUT2D eigenvalue weighted by molar-refractivity contribution is 9.10. The fourth-order valence-corrected chi connectivity index (χ4v) is 2.77. The summed E-state index contributed by atoms with van der Waals surface area (Å²) in [4.78, 5) is 25.5. The van der Waals surface area contributed by atoms with Crippen LogP contribution in [0, 0.1) is 5.82 Å². The fourth-order valence-electron chi connectivity index (χ4n) is 2.50. The highest BCUT2D eigenvalue weighted by Gasteiger charge is 2.29. The van der Waals surface area contributed by atoms with Crippen molar-refractivity contribution < 1.29 is 28.5 Å². The number of benzene rings is 2. The molecular weight excluding hydrogens is 459 g/mol. The Balaban J connectivity index is 1.93. The monoisotopic (exact) mass is 474 g/mol. The van der Waals surface area contributed by atoms with Crippen LogP contribution < -0.4 is 9.79 Å². The van der Waals surface area contributed by atoms with Gasteiger partial charge in [-0.3, -0.25) is 4.79 Å². The first-order valence-corrected chi connectivity index (χ1v) is 9.64. The molecule has 154 valence electrons. The number of halogens is 2. The maximum absolute atomic E-state index is 13.0. The number of aromatic nitrogens is 3. The van der Waals surface area contributed by atoms with E-state index in [1.807, 2.05) is 0 Å². The van der Waals surface area contributed by atoms with Crippen LogP contribution in [-0.4, -0.2) is 34.6 Å². The van der Waals surface area contributed by atoms with Crippen molar-refractivity contribution in [1.29, 1.82) is 0 Å². The molecule has 0 saturated carbocycles. The van der Waals surface area contributed by atoms with Crippen LogP contribution in [-0.2, 0) is 11.3 Å². The molecule has 3 rings (SSSR count). The minimum absolute atomic E-state index is 0.0446. The summed E-state index contributed by atoms with van der Waals surface area (Å²) in [5.74, 6) is -2.51. The van der Waals surface area contributed by atoms with E-state index in [-0.39, 0.29) is 18.9 Å². The Morgan fingerprint density at radius 1 is 1.23 bits per heavy atom. The van der Waals surface area contributed by atoms with Crippen LogP contribution in [0.4, 0.5) is 4.39 Å². The third-order valence-corrected chi connectivity index (χ3v) is 4.48. The normalized spacial score (nSPS) is 11.0. The number of esters is 1. The molecule has 1 aromatic heterocycles. The summed E-state index contributed by atoms with van der Waals surface area (Å²) in [5.41, 5.74) is 0.484. The molecule has 0 bridgehead atoms. The smallest absolute Gasteiger partial charge is 0.383 e. The molecule has 0 atom stereocenters. The Morgan fingerprint density at radius 3 is 2.53 bits per heavy atom. The van der Waals surface area contributed by atoms with Crippen LogP contribution in [0.1, 0.15) is 33.3 Å². The van der Waals surface area contributed by atoms with Gasteiger partial charge in [-0.2, -0.15) is 0 Å². The molecule has 0 radical (unpaired) electrons. The molecule has 0 amide bonds. The predicted octanol–water partition coefficient (Wildman–Crippen LogP) is 2.09. The molecule has 0 aliphatic heterocycles. The first-order valence-electron chi connectivity index (χ1n) is 8.85. The zero-order chi connectivity index (χ0) is 21.7. The number of nitrogens with zero attached hydrogens (tertiary/aromatic N) is 4. The van der Waals surface area contributed by atoms with Gasteiger partial charge in [-0.05, 0) is 41.5 Å². The molecule has 0 unspecified atom stereocenters. The van der Waals surface area contributed by atoms with Gasteiger partial charge in [0.2, 0.25) is 5.78 Å². The van der Waals surface area contributed by atoms with E-state index in [9.17, 15) is 19.1 Å².